The summed E-state index contributed by atoms with van der Waals surface area (Å²) < 4.78 is 0. The number of likely N-dealkylation sites (tertiary alicyclic amines) is 2. The fourth-order valence-electron chi connectivity index (χ4n) is 11.4. The molecule has 2 saturated heterocycles. The zero-order valence-electron chi connectivity index (χ0n) is 43.6. The molecule has 2 aliphatic heterocycles. The number of aliphatic hydroxyl groups is 1. The number of aliphatic hydroxyl groups excluding tert-OH is 1. The Kier molecular flexibility index (Phi) is 19.8. The van der Waals surface area contributed by atoms with Crippen LogP contribution in [0.15, 0.2) is 71.4 Å². The van der Waals surface area contributed by atoms with Crippen molar-refractivity contribution in [2.75, 3.05) is 27.2 Å². The first-order valence-electron chi connectivity index (χ1n) is 27.2. The average Bonchev–Trinajstić information content (AvgIpc) is 4.28. The van der Waals surface area contributed by atoms with Gasteiger partial charge in [0.15, 0.2) is 0 Å². The Morgan fingerprint density at radius 3 is 1.54 bits per heavy atom. The van der Waals surface area contributed by atoms with Gasteiger partial charge in [-0.2, -0.15) is 0 Å². The molecule has 4 aliphatic rings. The molecule has 0 radical (unpaired) electrons. The summed E-state index contributed by atoms with van der Waals surface area (Å²) in [5.74, 6) is -0.728. The minimum atomic E-state index is -0.872. The first-order valence-corrected chi connectivity index (χ1v) is 29.0. The van der Waals surface area contributed by atoms with Crippen LogP contribution in [0.4, 0.5) is 0 Å². The number of nitrogens with zero attached hydrogens (tertiary/aromatic N) is 4. The fourth-order valence-corrected chi connectivity index (χ4v) is 13.3. The topological polar surface area (TPSA) is 210 Å². The van der Waals surface area contributed by atoms with Gasteiger partial charge in [0.05, 0.1) is 35.6 Å². The number of hydrogen-bond donors (Lipinski definition) is 7. The van der Waals surface area contributed by atoms with E-state index in [1.54, 1.807) is 27.9 Å². The Bertz CT molecular complexity index is 2460. The standard InChI is InChI=1S/C56H78N10O6S2/c1-35(57-3)51(69)63-49(39-23-13-7-14-24-39)55(71)65-31-41(29-45(65)53-61-43(33-73-53)37-19-9-5-10-20-37)59-47(67)27-17-18-28-48(68)60-42-30-46(54-62-44(34-74-54)38-21-11-6-12-22-38)66(32-42)56(72)50(40-25-15-8-16-26-40)64-52(70)36(2)58-4/h5-6,9-12,19-22,33-36,39-42,45-47,49-50,57-59,67H,7-8,13-18,23-32H2,1-4H3,(H,60,68)(H,63,69)(H,64,70)/t35-,36-,41-,42-,45-,46-,47?,49-,50-/m0/s1. The second-order valence-electron chi connectivity index (χ2n) is 21.0. The Hall–Kier alpha value is -5.11. The van der Waals surface area contributed by atoms with E-state index in [4.69, 9.17) is 9.97 Å². The lowest BCUT2D eigenvalue weighted by Crippen LogP contribution is -2.56. The van der Waals surface area contributed by atoms with Crippen molar-refractivity contribution in [3.05, 3.63) is 81.4 Å². The van der Waals surface area contributed by atoms with Crippen LogP contribution in [0.25, 0.3) is 22.5 Å². The normalized spacial score (nSPS) is 22.7. The van der Waals surface area contributed by atoms with Gasteiger partial charge in [0, 0.05) is 53.5 Å². The summed E-state index contributed by atoms with van der Waals surface area (Å²) in [7, 11) is 3.47. The van der Waals surface area contributed by atoms with Gasteiger partial charge in [-0.25, -0.2) is 9.97 Å². The van der Waals surface area contributed by atoms with Crippen LogP contribution in [-0.4, -0.2) is 124 Å². The van der Waals surface area contributed by atoms with Crippen LogP contribution in [0, 0.1) is 11.8 Å². The number of amides is 5. The van der Waals surface area contributed by atoms with E-state index in [1.807, 2.05) is 81.2 Å². The van der Waals surface area contributed by atoms with Gasteiger partial charge in [-0.3, -0.25) is 29.3 Å². The van der Waals surface area contributed by atoms with Gasteiger partial charge < -0.3 is 41.5 Å². The summed E-state index contributed by atoms with van der Waals surface area (Å²) in [5.41, 5.74) is 3.66. The van der Waals surface area contributed by atoms with Crippen LogP contribution in [0.1, 0.15) is 139 Å². The number of likely N-dealkylation sites (N-methyl/N-ethyl adjacent to an activating group) is 2. The number of unbranched alkanes of at least 4 members (excludes halogenated alkanes) is 1. The van der Waals surface area contributed by atoms with Crippen molar-refractivity contribution in [3.63, 3.8) is 0 Å². The van der Waals surface area contributed by atoms with Crippen molar-refractivity contribution in [1.82, 2.24) is 51.7 Å². The molecule has 2 aromatic heterocycles. The third-order valence-corrected chi connectivity index (χ3v) is 17.8. The number of carbonyl (C=O) groups excluding carboxylic acids is 5. The highest BCUT2D eigenvalue weighted by molar-refractivity contribution is 7.10. The second kappa shape index (κ2) is 26.6. The summed E-state index contributed by atoms with van der Waals surface area (Å²) in [4.78, 5) is 83.8. The molecule has 18 heteroatoms. The van der Waals surface area contributed by atoms with Gasteiger partial charge in [0.25, 0.3) is 0 Å². The van der Waals surface area contributed by atoms with E-state index in [9.17, 15) is 29.1 Å². The van der Waals surface area contributed by atoms with E-state index in [2.05, 4.69) is 31.9 Å². The molecule has 1 unspecified atom stereocenters. The van der Waals surface area contributed by atoms with Crippen LogP contribution in [-0.2, 0) is 24.0 Å². The van der Waals surface area contributed by atoms with Crippen molar-refractivity contribution in [1.29, 1.82) is 0 Å². The summed E-state index contributed by atoms with van der Waals surface area (Å²) >= 11 is 3.04. The molecule has 7 N–H and O–H groups in total. The molecule has 9 atom stereocenters. The van der Waals surface area contributed by atoms with E-state index in [0.717, 1.165) is 96.7 Å². The molecule has 2 saturated carbocycles. The van der Waals surface area contributed by atoms with E-state index in [0.29, 0.717) is 45.2 Å². The largest absolute Gasteiger partial charge is 0.379 e. The minimum Gasteiger partial charge on any atom is -0.379 e. The van der Waals surface area contributed by atoms with Crippen molar-refractivity contribution >= 4 is 52.2 Å². The van der Waals surface area contributed by atoms with E-state index in [1.165, 1.54) is 22.7 Å². The van der Waals surface area contributed by atoms with Gasteiger partial charge in [-0.05, 0) is 97.6 Å². The smallest absolute Gasteiger partial charge is 0.246 e. The van der Waals surface area contributed by atoms with Crippen LogP contribution < -0.4 is 31.9 Å². The van der Waals surface area contributed by atoms with Gasteiger partial charge in [-0.15, -0.1) is 22.7 Å². The van der Waals surface area contributed by atoms with Crippen LogP contribution >= 0.6 is 22.7 Å². The lowest BCUT2D eigenvalue weighted by Gasteiger charge is -2.35. The lowest BCUT2D eigenvalue weighted by atomic mass is 9.83. The maximum atomic E-state index is 14.8. The van der Waals surface area contributed by atoms with Crippen molar-refractivity contribution in [2.45, 2.75) is 171 Å². The molecule has 16 nitrogen and oxygen atoms in total. The maximum Gasteiger partial charge on any atom is 0.246 e. The van der Waals surface area contributed by atoms with Crippen molar-refractivity contribution < 1.29 is 29.1 Å². The van der Waals surface area contributed by atoms with Crippen LogP contribution in [0.3, 0.4) is 0 Å². The quantitative estimate of drug-likeness (QED) is 0.0320. The SMILES string of the molecule is CN[C@@H](C)C(=O)N[C@H](C(=O)N1C[C@@H](NC(=O)CCCCC(O)N[C@H]2C[C@@H](c3nc(-c4ccccc4)cs3)N(C(=O)[C@@H](NC(=O)[C@H](C)NC)C3CCCCC3)C2)C[C@H]1c1nc(-c2ccccc2)cs1)C1CCCCC1. The summed E-state index contributed by atoms with van der Waals surface area (Å²) in [6, 6.07) is 16.4. The van der Waals surface area contributed by atoms with Gasteiger partial charge in [0.1, 0.15) is 28.3 Å². The Balaban J connectivity index is 0.896. The third-order valence-electron chi connectivity index (χ3n) is 15.9. The molecule has 5 amide bonds. The summed E-state index contributed by atoms with van der Waals surface area (Å²) in [6.07, 6.45) is 11.7. The number of nitrogens with one attached hydrogen (secondary N) is 6. The molecule has 8 rings (SSSR count). The highest BCUT2D eigenvalue weighted by Crippen LogP contribution is 2.40. The number of hydrogen-bond acceptors (Lipinski definition) is 13. The van der Waals surface area contributed by atoms with E-state index in [-0.39, 0.29) is 72.0 Å². The molecule has 2 aliphatic carbocycles. The maximum absolute atomic E-state index is 14.8. The number of benzene rings is 2. The Labute approximate surface area is 445 Å². The van der Waals surface area contributed by atoms with Crippen LogP contribution in [0.5, 0.6) is 0 Å². The molecule has 4 heterocycles. The van der Waals surface area contributed by atoms with E-state index >= 15 is 0 Å². The highest BCUT2D eigenvalue weighted by Gasteiger charge is 2.45. The monoisotopic (exact) mass is 1050 g/mol. The lowest BCUT2D eigenvalue weighted by molar-refractivity contribution is -0.139. The zero-order valence-corrected chi connectivity index (χ0v) is 45.2. The fraction of sp³-hybridized carbons (Fsp3) is 0.589. The minimum absolute atomic E-state index is 0.0207. The molecule has 4 fully saturated rings. The molecule has 0 bridgehead atoms. The zero-order chi connectivity index (χ0) is 52.1. The van der Waals surface area contributed by atoms with Gasteiger partial charge in [-0.1, -0.05) is 99.2 Å². The third kappa shape index (κ3) is 14.0. The molecular weight excluding hydrogens is 973 g/mol. The second-order valence-corrected chi connectivity index (χ2v) is 22.8. The average molecular weight is 1050 g/mol. The first kappa shape index (κ1) is 55.1. The molecule has 400 valence electrons. The number of thiazole rings is 2. The highest BCUT2D eigenvalue weighted by atomic mass is 32.1. The summed E-state index contributed by atoms with van der Waals surface area (Å²) in [5, 5.41) is 36.0. The molecule has 74 heavy (non-hydrogen) atoms. The Morgan fingerprint density at radius 2 is 1.08 bits per heavy atom. The first-order chi connectivity index (χ1) is 35.9. The number of rotatable bonds is 22. The number of aromatic nitrogens is 2. The Morgan fingerprint density at radius 1 is 0.635 bits per heavy atom. The molecule has 2 aromatic carbocycles. The summed E-state index contributed by atoms with van der Waals surface area (Å²) in [6.45, 7) is 4.24. The van der Waals surface area contributed by atoms with Gasteiger partial charge in [0.2, 0.25) is 29.5 Å². The van der Waals surface area contributed by atoms with Crippen LogP contribution in [0.2, 0.25) is 0 Å². The van der Waals surface area contributed by atoms with E-state index < -0.39 is 30.4 Å². The molecule has 0 spiro atoms. The molecule has 4 aromatic rings. The number of carbonyl (C=O) groups is 5. The predicted molar refractivity (Wildman–Crippen MR) is 291 cm³/mol. The van der Waals surface area contributed by atoms with Crippen molar-refractivity contribution in [3.8, 4) is 22.5 Å². The predicted octanol–water partition coefficient (Wildman–Crippen LogP) is 6.85. The molecular formula is C56H78N10O6S2. The van der Waals surface area contributed by atoms with Crippen molar-refractivity contribution in [2.24, 2.45) is 11.8 Å². The van der Waals surface area contributed by atoms with Gasteiger partial charge >= 0.3 is 0 Å².